The standard InChI is InChI=1S/C9H14O3/c10-6-8(9(11)12)7-4-2-1-3-5-7/h6-8H,1-5H2,(H,11,12). The molecule has 3 heteroatoms. The van der Waals surface area contributed by atoms with Crippen molar-refractivity contribution in [1.82, 2.24) is 0 Å². The lowest BCUT2D eigenvalue weighted by atomic mass is 9.81. The number of aldehydes is 1. The highest BCUT2D eigenvalue weighted by molar-refractivity contribution is 5.86. The van der Waals surface area contributed by atoms with E-state index in [2.05, 4.69) is 0 Å². The second-order valence-corrected chi connectivity index (χ2v) is 3.40. The predicted octanol–water partition coefficient (Wildman–Crippen LogP) is 1.47. The predicted molar refractivity (Wildman–Crippen MR) is 43.8 cm³/mol. The van der Waals surface area contributed by atoms with E-state index >= 15 is 0 Å². The first-order valence-electron chi connectivity index (χ1n) is 4.44. The minimum Gasteiger partial charge on any atom is -0.481 e. The largest absolute Gasteiger partial charge is 0.481 e. The Bertz CT molecular complexity index is 171. The monoisotopic (exact) mass is 170 g/mol. The number of carbonyl (C=O) groups is 2. The Hall–Kier alpha value is -0.860. The van der Waals surface area contributed by atoms with Gasteiger partial charge >= 0.3 is 5.97 Å². The van der Waals surface area contributed by atoms with Gasteiger partial charge in [-0.15, -0.1) is 0 Å². The van der Waals surface area contributed by atoms with Crippen molar-refractivity contribution in [2.45, 2.75) is 32.1 Å². The van der Waals surface area contributed by atoms with Crippen molar-refractivity contribution in [1.29, 1.82) is 0 Å². The molecular formula is C9H14O3. The molecule has 12 heavy (non-hydrogen) atoms. The summed E-state index contributed by atoms with van der Waals surface area (Å²) in [6, 6.07) is 0. The van der Waals surface area contributed by atoms with Crippen LogP contribution in [0.5, 0.6) is 0 Å². The molecule has 0 amide bonds. The zero-order chi connectivity index (χ0) is 8.97. The molecule has 3 nitrogen and oxygen atoms in total. The molecule has 0 heterocycles. The summed E-state index contributed by atoms with van der Waals surface area (Å²) in [7, 11) is 0. The third kappa shape index (κ3) is 2.06. The molecule has 0 spiro atoms. The number of rotatable bonds is 3. The van der Waals surface area contributed by atoms with E-state index in [4.69, 9.17) is 5.11 Å². The molecule has 0 bridgehead atoms. The fourth-order valence-electron chi connectivity index (χ4n) is 1.86. The molecule has 0 aromatic rings. The van der Waals surface area contributed by atoms with Crippen LogP contribution in [0.4, 0.5) is 0 Å². The number of hydrogen-bond acceptors (Lipinski definition) is 2. The first kappa shape index (κ1) is 9.23. The van der Waals surface area contributed by atoms with Gasteiger partial charge in [0.15, 0.2) is 0 Å². The molecule has 68 valence electrons. The van der Waals surface area contributed by atoms with E-state index in [1.807, 2.05) is 0 Å². The van der Waals surface area contributed by atoms with Crippen molar-refractivity contribution in [3.8, 4) is 0 Å². The van der Waals surface area contributed by atoms with E-state index in [0.717, 1.165) is 25.7 Å². The van der Waals surface area contributed by atoms with Crippen LogP contribution < -0.4 is 0 Å². The van der Waals surface area contributed by atoms with E-state index < -0.39 is 11.9 Å². The van der Waals surface area contributed by atoms with Gasteiger partial charge in [0.2, 0.25) is 0 Å². The van der Waals surface area contributed by atoms with Gasteiger partial charge in [-0.05, 0) is 18.8 Å². The van der Waals surface area contributed by atoms with Gasteiger partial charge in [-0.1, -0.05) is 19.3 Å². The van der Waals surface area contributed by atoms with Crippen molar-refractivity contribution < 1.29 is 14.7 Å². The van der Waals surface area contributed by atoms with E-state index in [9.17, 15) is 9.59 Å². The minimum absolute atomic E-state index is 0.0914. The van der Waals surface area contributed by atoms with Crippen LogP contribution in [0.25, 0.3) is 0 Å². The Balaban J connectivity index is 2.51. The Labute approximate surface area is 71.8 Å². The van der Waals surface area contributed by atoms with Crippen LogP contribution in [0.1, 0.15) is 32.1 Å². The molecule has 0 aromatic heterocycles. The molecule has 0 aliphatic heterocycles. The first-order valence-corrected chi connectivity index (χ1v) is 4.44. The van der Waals surface area contributed by atoms with E-state index in [-0.39, 0.29) is 5.92 Å². The van der Waals surface area contributed by atoms with Crippen LogP contribution in [0.2, 0.25) is 0 Å². The summed E-state index contributed by atoms with van der Waals surface area (Å²) in [4.78, 5) is 21.1. The average Bonchev–Trinajstić information content (AvgIpc) is 2.07. The third-order valence-corrected chi connectivity index (χ3v) is 2.59. The zero-order valence-corrected chi connectivity index (χ0v) is 7.03. The van der Waals surface area contributed by atoms with Gasteiger partial charge in [-0.25, -0.2) is 0 Å². The van der Waals surface area contributed by atoms with Gasteiger partial charge in [-0.3, -0.25) is 4.79 Å². The third-order valence-electron chi connectivity index (χ3n) is 2.59. The number of aliphatic carboxylic acids is 1. The second-order valence-electron chi connectivity index (χ2n) is 3.40. The zero-order valence-electron chi connectivity index (χ0n) is 7.03. The molecule has 1 aliphatic carbocycles. The normalized spacial score (nSPS) is 21.7. The summed E-state index contributed by atoms with van der Waals surface area (Å²) in [6.45, 7) is 0. The van der Waals surface area contributed by atoms with E-state index in [1.165, 1.54) is 6.42 Å². The molecular weight excluding hydrogens is 156 g/mol. The van der Waals surface area contributed by atoms with Crippen LogP contribution in [-0.4, -0.2) is 17.4 Å². The van der Waals surface area contributed by atoms with Crippen molar-refractivity contribution in [2.75, 3.05) is 0 Å². The van der Waals surface area contributed by atoms with Gasteiger partial charge in [-0.2, -0.15) is 0 Å². The first-order chi connectivity index (χ1) is 5.75. The molecule has 1 unspecified atom stereocenters. The maximum atomic E-state index is 10.6. The highest BCUT2D eigenvalue weighted by Crippen LogP contribution is 2.29. The van der Waals surface area contributed by atoms with Gasteiger partial charge in [0.05, 0.1) is 0 Å². The molecule has 1 aliphatic rings. The highest BCUT2D eigenvalue weighted by Gasteiger charge is 2.28. The Morgan fingerprint density at radius 3 is 2.33 bits per heavy atom. The summed E-state index contributed by atoms with van der Waals surface area (Å²) >= 11 is 0. The fraction of sp³-hybridized carbons (Fsp3) is 0.778. The van der Waals surface area contributed by atoms with Crippen molar-refractivity contribution in [3.63, 3.8) is 0 Å². The van der Waals surface area contributed by atoms with Crippen LogP contribution in [0, 0.1) is 11.8 Å². The minimum atomic E-state index is -0.961. The number of carboxylic acids is 1. The quantitative estimate of drug-likeness (QED) is 0.515. The molecule has 1 N–H and O–H groups in total. The van der Waals surface area contributed by atoms with Crippen LogP contribution in [0.3, 0.4) is 0 Å². The van der Waals surface area contributed by atoms with E-state index in [0.29, 0.717) is 6.29 Å². The van der Waals surface area contributed by atoms with Gasteiger partial charge in [0, 0.05) is 0 Å². The maximum absolute atomic E-state index is 10.6. The molecule has 0 radical (unpaired) electrons. The molecule has 1 rings (SSSR count). The van der Waals surface area contributed by atoms with Crippen LogP contribution in [-0.2, 0) is 9.59 Å². The van der Waals surface area contributed by atoms with Crippen molar-refractivity contribution in [2.24, 2.45) is 11.8 Å². The highest BCUT2D eigenvalue weighted by atomic mass is 16.4. The molecule has 0 saturated heterocycles. The summed E-state index contributed by atoms with van der Waals surface area (Å²) in [5.41, 5.74) is 0. The van der Waals surface area contributed by atoms with Gasteiger partial charge in [0.25, 0.3) is 0 Å². The molecule has 0 aromatic carbocycles. The molecule has 1 saturated carbocycles. The Morgan fingerprint density at radius 2 is 1.92 bits per heavy atom. The Morgan fingerprint density at radius 1 is 1.33 bits per heavy atom. The number of hydrogen-bond donors (Lipinski definition) is 1. The van der Waals surface area contributed by atoms with E-state index in [1.54, 1.807) is 0 Å². The van der Waals surface area contributed by atoms with Crippen molar-refractivity contribution >= 4 is 12.3 Å². The lowest BCUT2D eigenvalue weighted by molar-refractivity contribution is -0.146. The topological polar surface area (TPSA) is 54.4 Å². The SMILES string of the molecule is O=CC(C(=O)O)C1CCCCC1. The average molecular weight is 170 g/mol. The van der Waals surface area contributed by atoms with Gasteiger partial charge in [0.1, 0.15) is 12.2 Å². The fourth-order valence-corrected chi connectivity index (χ4v) is 1.86. The summed E-state index contributed by atoms with van der Waals surface area (Å²) < 4.78 is 0. The number of carboxylic acid groups (broad SMARTS) is 1. The smallest absolute Gasteiger partial charge is 0.314 e. The van der Waals surface area contributed by atoms with Gasteiger partial charge < -0.3 is 9.90 Å². The lowest BCUT2D eigenvalue weighted by Gasteiger charge is -2.23. The molecule has 1 atom stereocenters. The summed E-state index contributed by atoms with van der Waals surface area (Å²) in [6.07, 6.45) is 5.70. The Kier molecular flexibility index (Phi) is 3.26. The summed E-state index contributed by atoms with van der Waals surface area (Å²) in [5, 5.41) is 8.69. The second kappa shape index (κ2) is 4.24. The van der Waals surface area contributed by atoms with Crippen molar-refractivity contribution in [3.05, 3.63) is 0 Å². The lowest BCUT2D eigenvalue weighted by Crippen LogP contribution is -2.26. The number of carbonyl (C=O) groups excluding carboxylic acids is 1. The summed E-state index contributed by atoms with van der Waals surface area (Å²) in [5.74, 6) is -1.63. The van der Waals surface area contributed by atoms with Crippen LogP contribution >= 0.6 is 0 Å². The maximum Gasteiger partial charge on any atom is 0.314 e. The molecule has 1 fully saturated rings. The van der Waals surface area contributed by atoms with Crippen LogP contribution in [0.15, 0.2) is 0 Å².